The third-order valence-corrected chi connectivity index (χ3v) is 4.18. The fraction of sp³-hybridized carbons (Fsp3) is 0.350. The summed E-state index contributed by atoms with van der Waals surface area (Å²) >= 11 is 0. The molecule has 2 aromatic rings. The van der Waals surface area contributed by atoms with Crippen LogP contribution in [0.15, 0.2) is 48.5 Å². The maximum Gasteiger partial charge on any atom is 0.260 e. The zero-order valence-electron chi connectivity index (χ0n) is 14.3. The van der Waals surface area contributed by atoms with Crippen LogP contribution < -0.4 is 10.1 Å². The molecule has 0 heterocycles. The molecular formula is C20H25NO2. The molecule has 0 bridgehead atoms. The molecule has 0 saturated heterocycles. The Morgan fingerprint density at radius 1 is 1.04 bits per heavy atom. The van der Waals surface area contributed by atoms with Gasteiger partial charge < -0.3 is 10.1 Å². The molecule has 23 heavy (non-hydrogen) atoms. The van der Waals surface area contributed by atoms with Crippen LogP contribution in [-0.2, 0) is 4.79 Å². The smallest absolute Gasteiger partial charge is 0.260 e. The number of rotatable bonds is 6. The summed E-state index contributed by atoms with van der Waals surface area (Å²) in [7, 11) is 0. The van der Waals surface area contributed by atoms with Gasteiger partial charge in [-0.3, -0.25) is 4.79 Å². The van der Waals surface area contributed by atoms with Gasteiger partial charge in [-0.2, -0.15) is 0 Å². The van der Waals surface area contributed by atoms with Gasteiger partial charge in [0.2, 0.25) is 0 Å². The van der Waals surface area contributed by atoms with E-state index < -0.39 is 6.10 Å². The number of benzene rings is 2. The minimum absolute atomic E-state index is 0.0892. The standard InChI is InChI=1S/C20H25NO2/c1-14-9-8-12-19(16(14)3)23-17(4)20(22)21-13-15(2)18-10-6-5-7-11-18/h5-12,15,17H,13H2,1-4H3,(H,21,22)/t15-,17-/m1/s1. The first kappa shape index (κ1) is 17.1. The summed E-state index contributed by atoms with van der Waals surface area (Å²) in [4.78, 5) is 12.2. The SMILES string of the molecule is Cc1cccc(O[C@H](C)C(=O)NC[C@@H](C)c2ccccc2)c1C. The number of carbonyl (C=O) groups is 1. The van der Waals surface area contributed by atoms with Gasteiger partial charge in [-0.1, -0.05) is 49.4 Å². The number of hydrogen-bond acceptors (Lipinski definition) is 2. The van der Waals surface area contributed by atoms with Crippen molar-refractivity contribution in [3.63, 3.8) is 0 Å². The Hall–Kier alpha value is -2.29. The van der Waals surface area contributed by atoms with E-state index in [-0.39, 0.29) is 11.8 Å². The first-order valence-corrected chi connectivity index (χ1v) is 8.04. The molecule has 2 rings (SSSR count). The Kier molecular flexibility index (Phi) is 5.80. The molecule has 0 aromatic heterocycles. The second kappa shape index (κ2) is 7.82. The molecule has 2 atom stereocenters. The Balaban J connectivity index is 1.89. The van der Waals surface area contributed by atoms with Gasteiger partial charge in [0.05, 0.1) is 0 Å². The van der Waals surface area contributed by atoms with E-state index in [9.17, 15) is 4.79 Å². The van der Waals surface area contributed by atoms with E-state index in [2.05, 4.69) is 24.4 Å². The van der Waals surface area contributed by atoms with Gasteiger partial charge in [0.15, 0.2) is 6.10 Å². The zero-order valence-corrected chi connectivity index (χ0v) is 14.3. The number of hydrogen-bond donors (Lipinski definition) is 1. The molecule has 0 aliphatic heterocycles. The fourth-order valence-electron chi connectivity index (χ4n) is 2.39. The number of amides is 1. The van der Waals surface area contributed by atoms with Gasteiger partial charge in [0.1, 0.15) is 5.75 Å². The molecule has 0 aliphatic rings. The molecule has 3 heteroatoms. The van der Waals surface area contributed by atoms with Gasteiger partial charge in [-0.05, 0) is 49.4 Å². The molecule has 122 valence electrons. The van der Waals surface area contributed by atoms with E-state index in [4.69, 9.17) is 4.74 Å². The minimum atomic E-state index is -0.515. The van der Waals surface area contributed by atoms with Crippen molar-refractivity contribution in [3.8, 4) is 5.75 Å². The summed E-state index contributed by atoms with van der Waals surface area (Å²) in [6.07, 6.45) is -0.515. The molecule has 1 amide bonds. The summed E-state index contributed by atoms with van der Waals surface area (Å²) in [6.45, 7) is 8.53. The van der Waals surface area contributed by atoms with Crippen molar-refractivity contribution < 1.29 is 9.53 Å². The monoisotopic (exact) mass is 311 g/mol. The van der Waals surface area contributed by atoms with Crippen molar-refractivity contribution in [1.82, 2.24) is 5.32 Å². The molecule has 0 fully saturated rings. The highest BCUT2D eigenvalue weighted by Gasteiger charge is 2.17. The Morgan fingerprint density at radius 3 is 2.43 bits per heavy atom. The Bertz CT molecular complexity index is 652. The van der Waals surface area contributed by atoms with Gasteiger partial charge in [-0.25, -0.2) is 0 Å². The molecule has 0 aliphatic carbocycles. The highest BCUT2D eigenvalue weighted by molar-refractivity contribution is 5.80. The van der Waals surface area contributed by atoms with Crippen LogP contribution in [0.2, 0.25) is 0 Å². The Morgan fingerprint density at radius 2 is 1.74 bits per heavy atom. The van der Waals surface area contributed by atoms with Gasteiger partial charge in [-0.15, -0.1) is 0 Å². The highest BCUT2D eigenvalue weighted by Crippen LogP contribution is 2.21. The lowest BCUT2D eigenvalue weighted by Crippen LogP contribution is -2.38. The predicted octanol–water partition coefficient (Wildman–Crippen LogP) is 3.99. The van der Waals surface area contributed by atoms with Crippen LogP contribution in [0.5, 0.6) is 5.75 Å². The van der Waals surface area contributed by atoms with E-state index in [0.29, 0.717) is 6.54 Å². The fourth-order valence-corrected chi connectivity index (χ4v) is 2.39. The molecule has 0 spiro atoms. The average Bonchev–Trinajstić information content (AvgIpc) is 2.57. The van der Waals surface area contributed by atoms with Crippen LogP contribution in [0.4, 0.5) is 0 Å². The van der Waals surface area contributed by atoms with E-state index in [1.54, 1.807) is 6.92 Å². The summed E-state index contributed by atoms with van der Waals surface area (Å²) in [5.41, 5.74) is 3.45. The van der Waals surface area contributed by atoms with Crippen LogP contribution in [-0.4, -0.2) is 18.6 Å². The van der Waals surface area contributed by atoms with E-state index >= 15 is 0 Å². The third kappa shape index (κ3) is 4.59. The van der Waals surface area contributed by atoms with Crippen molar-refractivity contribution >= 4 is 5.91 Å². The lowest BCUT2D eigenvalue weighted by molar-refractivity contribution is -0.127. The van der Waals surface area contributed by atoms with Crippen LogP contribution in [0.1, 0.15) is 36.5 Å². The Labute approximate surface area is 138 Å². The van der Waals surface area contributed by atoms with Crippen molar-refractivity contribution in [2.45, 2.75) is 39.7 Å². The average molecular weight is 311 g/mol. The molecule has 0 saturated carbocycles. The lowest BCUT2D eigenvalue weighted by atomic mass is 10.0. The summed E-state index contributed by atoms with van der Waals surface area (Å²) in [5.74, 6) is 0.950. The van der Waals surface area contributed by atoms with Gasteiger partial charge >= 0.3 is 0 Å². The van der Waals surface area contributed by atoms with Crippen LogP contribution in [0.25, 0.3) is 0 Å². The van der Waals surface area contributed by atoms with E-state index in [0.717, 1.165) is 16.9 Å². The van der Waals surface area contributed by atoms with Crippen molar-refractivity contribution in [1.29, 1.82) is 0 Å². The molecule has 1 N–H and O–H groups in total. The first-order chi connectivity index (χ1) is 11.0. The summed E-state index contributed by atoms with van der Waals surface area (Å²) in [6, 6.07) is 16.1. The lowest BCUT2D eigenvalue weighted by Gasteiger charge is -2.19. The van der Waals surface area contributed by atoms with Crippen molar-refractivity contribution in [3.05, 3.63) is 65.2 Å². The molecule has 0 unspecified atom stereocenters. The molecule has 3 nitrogen and oxygen atoms in total. The second-order valence-corrected chi connectivity index (χ2v) is 6.02. The van der Waals surface area contributed by atoms with E-state index in [1.807, 2.05) is 50.2 Å². The van der Waals surface area contributed by atoms with E-state index in [1.165, 1.54) is 5.56 Å². The molecule has 2 aromatic carbocycles. The third-order valence-electron chi connectivity index (χ3n) is 4.18. The van der Waals surface area contributed by atoms with Crippen LogP contribution >= 0.6 is 0 Å². The maximum atomic E-state index is 12.2. The summed E-state index contributed by atoms with van der Waals surface area (Å²) < 4.78 is 5.81. The molecular weight excluding hydrogens is 286 g/mol. The molecule has 0 radical (unpaired) electrons. The van der Waals surface area contributed by atoms with Crippen molar-refractivity contribution in [2.75, 3.05) is 6.54 Å². The normalized spacial score (nSPS) is 13.2. The topological polar surface area (TPSA) is 38.3 Å². The quantitative estimate of drug-likeness (QED) is 0.876. The number of aryl methyl sites for hydroxylation is 1. The number of nitrogens with one attached hydrogen (secondary N) is 1. The number of ether oxygens (including phenoxy) is 1. The largest absolute Gasteiger partial charge is 0.481 e. The van der Waals surface area contributed by atoms with Crippen molar-refractivity contribution in [2.24, 2.45) is 0 Å². The first-order valence-electron chi connectivity index (χ1n) is 8.04. The predicted molar refractivity (Wildman–Crippen MR) is 93.9 cm³/mol. The van der Waals surface area contributed by atoms with Gasteiger partial charge in [0.25, 0.3) is 5.91 Å². The van der Waals surface area contributed by atoms with Crippen LogP contribution in [0.3, 0.4) is 0 Å². The van der Waals surface area contributed by atoms with Crippen LogP contribution in [0, 0.1) is 13.8 Å². The van der Waals surface area contributed by atoms with Gasteiger partial charge in [0, 0.05) is 6.54 Å². The number of carbonyl (C=O) groups excluding carboxylic acids is 1. The summed E-state index contributed by atoms with van der Waals surface area (Å²) in [5, 5.41) is 2.97. The second-order valence-electron chi connectivity index (χ2n) is 6.02. The highest BCUT2D eigenvalue weighted by atomic mass is 16.5. The zero-order chi connectivity index (χ0) is 16.8. The maximum absolute atomic E-state index is 12.2. The minimum Gasteiger partial charge on any atom is -0.481 e.